The molecule has 0 aromatic rings. The van der Waals surface area contributed by atoms with Crippen molar-refractivity contribution in [3.05, 3.63) is 85.1 Å². The molecule has 3 saturated heterocycles. The Morgan fingerprint density at radius 3 is 1.38 bits per heavy atom. The molecule has 442 valence electrons. The molecule has 0 saturated carbocycles. The average molecular weight is 1100 g/mol. The van der Waals surface area contributed by atoms with Gasteiger partial charge in [-0.05, 0) is 64.2 Å². The van der Waals surface area contributed by atoms with Gasteiger partial charge in [0.2, 0.25) is 5.91 Å². The first-order valence-corrected chi connectivity index (χ1v) is 28.3. The van der Waals surface area contributed by atoms with E-state index in [0.717, 1.165) is 77.0 Å². The number of carbonyl (C=O) groups is 1. The van der Waals surface area contributed by atoms with Crippen molar-refractivity contribution in [3.8, 4) is 0 Å². The highest BCUT2D eigenvalue weighted by molar-refractivity contribution is 5.76. The highest BCUT2D eigenvalue weighted by Crippen LogP contribution is 2.33. The molecule has 3 fully saturated rings. The lowest BCUT2D eigenvalue weighted by Gasteiger charge is -2.48. The maximum absolute atomic E-state index is 13.1. The summed E-state index contributed by atoms with van der Waals surface area (Å²) in [4.78, 5) is 13.1. The number of rotatable bonds is 39. The summed E-state index contributed by atoms with van der Waals surface area (Å²) in [5.74, 6) is -0.298. The molecule has 0 spiro atoms. The highest BCUT2D eigenvalue weighted by Gasteiger charge is 2.53. The lowest BCUT2D eigenvalue weighted by Crippen LogP contribution is -2.66. The standard InChI is InChI=1S/C58H97NO18/c1-3-5-7-8-9-10-11-12-13-14-15-16-17-18-19-20-21-22-23-24-25-26-27-28-29-30-31-32-34-36-46(64)59-41(42(63)35-33-6-4-2)40-72-56-52(70)49(67)54(44(38-61)74-56)77-58-53(71)50(68)55(45(39-62)75-58)76-57-51(69)48(66)47(65)43(37-60)73-57/h5,7,9-10,12-13,15-16,18-19,21-22,33,35,41-45,47-58,60-63,65-71H,3-4,6,8,11,14,17,20,23-32,34,36-40H2,1-2H3,(H,59,64)/b7-5-,10-9-,13-12-,16-15-,19-18-,22-21-,35-33+. The Hall–Kier alpha value is -3.03. The average Bonchev–Trinajstić information content (AvgIpc) is 3.43. The van der Waals surface area contributed by atoms with Crippen LogP contribution in [0.5, 0.6) is 0 Å². The van der Waals surface area contributed by atoms with Crippen molar-refractivity contribution in [2.45, 2.75) is 247 Å². The Kier molecular flexibility index (Phi) is 36.4. The van der Waals surface area contributed by atoms with Gasteiger partial charge in [-0.1, -0.05) is 157 Å². The fraction of sp³-hybridized carbons (Fsp3) is 0.741. The number of ether oxygens (including phenoxy) is 6. The van der Waals surface area contributed by atoms with Crippen molar-refractivity contribution in [2.24, 2.45) is 0 Å². The molecule has 0 aromatic heterocycles. The fourth-order valence-electron chi connectivity index (χ4n) is 9.02. The zero-order chi connectivity index (χ0) is 56.2. The minimum Gasteiger partial charge on any atom is -0.394 e. The molecule has 0 aliphatic carbocycles. The third kappa shape index (κ3) is 25.5. The molecular weight excluding hydrogens is 999 g/mol. The van der Waals surface area contributed by atoms with Crippen LogP contribution in [0.4, 0.5) is 0 Å². The van der Waals surface area contributed by atoms with E-state index >= 15 is 0 Å². The Bertz CT molecular complexity index is 1740. The molecule has 17 unspecified atom stereocenters. The Morgan fingerprint density at radius 2 is 0.896 bits per heavy atom. The molecule has 0 bridgehead atoms. The number of hydrogen-bond donors (Lipinski definition) is 12. The highest BCUT2D eigenvalue weighted by atomic mass is 16.8. The molecule has 3 rings (SSSR count). The molecule has 19 heteroatoms. The molecular formula is C58H97NO18. The number of aliphatic hydroxyl groups is 11. The summed E-state index contributed by atoms with van der Waals surface area (Å²) in [6.07, 6.45) is 22.8. The molecule has 19 nitrogen and oxygen atoms in total. The van der Waals surface area contributed by atoms with Gasteiger partial charge in [0.1, 0.15) is 73.2 Å². The Morgan fingerprint density at radius 1 is 0.481 bits per heavy atom. The van der Waals surface area contributed by atoms with Crippen molar-refractivity contribution in [3.63, 3.8) is 0 Å². The molecule has 0 aromatic carbocycles. The van der Waals surface area contributed by atoms with Gasteiger partial charge in [0.05, 0.1) is 38.6 Å². The summed E-state index contributed by atoms with van der Waals surface area (Å²) in [5, 5.41) is 119. The normalized spacial score (nSPS) is 31.4. The van der Waals surface area contributed by atoms with E-state index in [2.05, 4.69) is 85.2 Å². The zero-order valence-electron chi connectivity index (χ0n) is 45.6. The summed E-state index contributed by atoms with van der Waals surface area (Å²) in [5.41, 5.74) is 0. The van der Waals surface area contributed by atoms with Gasteiger partial charge in [-0.2, -0.15) is 0 Å². The third-order valence-corrected chi connectivity index (χ3v) is 13.7. The van der Waals surface area contributed by atoms with Crippen molar-refractivity contribution in [1.29, 1.82) is 0 Å². The molecule has 3 aliphatic heterocycles. The number of allylic oxidation sites excluding steroid dienone is 13. The van der Waals surface area contributed by atoms with Crippen LogP contribution >= 0.6 is 0 Å². The maximum atomic E-state index is 13.1. The first-order valence-electron chi connectivity index (χ1n) is 28.3. The first kappa shape index (κ1) is 68.2. The Labute approximate surface area is 457 Å². The molecule has 3 aliphatic rings. The van der Waals surface area contributed by atoms with Gasteiger partial charge in [-0.15, -0.1) is 0 Å². The summed E-state index contributed by atoms with van der Waals surface area (Å²) in [6, 6.07) is -0.975. The van der Waals surface area contributed by atoms with Crippen molar-refractivity contribution < 1.29 is 89.4 Å². The van der Waals surface area contributed by atoms with Crippen LogP contribution in [0.2, 0.25) is 0 Å². The van der Waals surface area contributed by atoms with Crippen LogP contribution in [-0.2, 0) is 33.2 Å². The van der Waals surface area contributed by atoms with E-state index in [4.69, 9.17) is 28.4 Å². The minimum absolute atomic E-state index is 0.229. The van der Waals surface area contributed by atoms with Crippen molar-refractivity contribution >= 4 is 5.91 Å². The van der Waals surface area contributed by atoms with Gasteiger partial charge in [-0.25, -0.2) is 0 Å². The van der Waals surface area contributed by atoms with E-state index in [-0.39, 0.29) is 18.9 Å². The second-order valence-corrected chi connectivity index (χ2v) is 20.0. The summed E-state index contributed by atoms with van der Waals surface area (Å²) >= 11 is 0. The van der Waals surface area contributed by atoms with Crippen molar-refractivity contribution in [2.75, 3.05) is 26.4 Å². The summed E-state index contributed by atoms with van der Waals surface area (Å²) < 4.78 is 33.9. The summed E-state index contributed by atoms with van der Waals surface area (Å²) in [7, 11) is 0. The van der Waals surface area contributed by atoms with E-state index in [1.807, 2.05) is 6.92 Å². The lowest BCUT2D eigenvalue weighted by atomic mass is 9.96. The second-order valence-electron chi connectivity index (χ2n) is 20.0. The minimum atomic E-state index is -1.98. The second kappa shape index (κ2) is 41.0. The van der Waals surface area contributed by atoms with E-state index in [1.165, 1.54) is 32.1 Å². The predicted octanol–water partition coefficient (Wildman–Crippen LogP) is 4.03. The van der Waals surface area contributed by atoms with E-state index in [9.17, 15) is 61.0 Å². The van der Waals surface area contributed by atoms with E-state index in [1.54, 1.807) is 12.2 Å². The van der Waals surface area contributed by atoms with Crippen LogP contribution in [0.15, 0.2) is 85.1 Å². The molecule has 12 N–H and O–H groups in total. The van der Waals surface area contributed by atoms with Gasteiger partial charge >= 0.3 is 0 Å². The van der Waals surface area contributed by atoms with Crippen LogP contribution in [-0.4, -0.2) is 193 Å². The largest absolute Gasteiger partial charge is 0.394 e. The first-order chi connectivity index (χ1) is 37.3. The number of hydrogen-bond acceptors (Lipinski definition) is 18. The van der Waals surface area contributed by atoms with E-state index < -0.39 is 124 Å². The number of carbonyl (C=O) groups excluding carboxylic acids is 1. The fourth-order valence-corrected chi connectivity index (χ4v) is 9.02. The lowest BCUT2D eigenvalue weighted by molar-refractivity contribution is -0.379. The van der Waals surface area contributed by atoms with Crippen LogP contribution in [0, 0.1) is 0 Å². The molecule has 1 amide bonds. The van der Waals surface area contributed by atoms with Gasteiger partial charge in [0.25, 0.3) is 0 Å². The predicted molar refractivity (Wildman–Crippen MR) is 291 cm³/mol. The number of amides is 1. The third-order valence-electron chi connectivity index (χ3n) is 13.7. The molecule has 17 atom stereocenters. The molecule has 0 radical (unpaired) electrons. The van der Waals surface area contributed by atoms with Crippen LogP contribution in [0.25, 0.3) is 0 Å². The van der Waals surface area contributed by atoms with Crippen LogP contribution in [0.1, 0.15) is 142 Å². The monoisotopic (exact) mass is 1100 g/mol. The molecule has 77 heavy (non-hydrogen) atoms. The zero-order valence-corrected chi connectivity index (χ0v) is 45.6. The van der Waals surface area contributed by atoms with E-state index in [0.29, 0.717) is 12.8 Å². The SMILES string of the molecule is CC/C=C\C/C=C\C/C=C\C/C=C\C/C=C\C/C=C\CCCCCCCCCCCCC(=O)NC(COC1OC(CO)C(OC2OC(CO)C(OC3OC(CO)C(O)C(O)C3O)C(O)C2O)C(O)C1O)C(O)/C=C/CCC. The quantitative estimate of drug-likeness (QED) is 0.0305. The number of aliphatic hydroxyl groups excluding tert-OH is 11. The number of unbranched alkanes of at least 4 members (excludes halogenated alkanes) is 11. The van der Waals surface area contributed by atoms with Gasteiger partial charge in [-0.3, -0.25) is 4.79 Å². The van der Waals surface area contributed by atoms with Gasteiger partial charge in [0.15, 0.2) is 18.9 Å². The van der Waals surface area contributed by atoms with Gasteiger partial charge < -0.3 is 89.9 Å². The van der Waals surface area contributed by atoms with Crippen LogP contribution < -0.4 is 5.32 Å². The maximum Gasteiger partial charge on any atom is 0.220 e. The smallest absolute Gasteiger partial charge is 0.220 e. The van der Waals surface area contributed by atoms with Crippen molar-refractivity contribution in [1.82, 2.24) is 5.32 Å². The summed E-state index contributed by atoms with van der Waals surface area (Å²) in [6.45, 7) is 1.33. The van der Waals surface area contributed by atoms with Gasteiger partial charge in [0, 0.05) is 6.42 Å². The number of nitrogens with one attached hydrogen (secondary N) is 1. The Balaban J connectivity index is 1.33. The van der Waals surface area contributed by atoms with Crippen LogP contribution in [0.3, 0.4) is 0 Å². The molecule has 3 heterocycles. The topological polar surface area (TPSA) is 307 Å².